The number of likely N-dealkylation sites (N-methyl/N-ethyl adjacent to an activating group) is 1. The summed E-state index contributed by atoms with van der Waals surface area (Å²) in [6.07, 6.45) is 2.08. The van der Waals surface area contributed by atoms with E-state index in [0.29, 0.717) is 35.8 Å². The second kappa shape index (κ2) is 17.5. The lowest BCUT2D eigenvalue weighted by molar-refractivity contribution is -0.115. The highest BCUT2D eigenvalue weighted by Crippen LogP contribution is 2.28. The number of anilines is 2. The summed E-state index contributed by atoms with van der Waals surface area (Å²) in [5.74, 6) is -0.299. The van der Waals surface area contributed by atoms with Gasteiger partial charge in [0.25, 0.3) is 5.91 Å². The van der Waals surface area contributed by atoms with E-state index in [4.69, 9.17) is 9.47 Å². The van der Waals surface area contributed by atoms with Gasteiger partial charge < -0.3 is 35.0 Å². The Morgan fingerprint density at radius 3 is 2.38 bits per heavy atom. The minimum Gasteiger partial charge on any atom is -0.490 e. The quantitative estimate of drug-likeness (QED) is 0.284. The standard InChI is InChI=1S/C37H48N4O6/c1-26-23-41(27(2)25-42)36(44)32-22-31(38-35(43)21-29-14-7-5-8-15-29)18-19-33(32)47-28(3)13-11-12-20-46-34(26)24-40(4)37(45)39-30-16-9-6-10-17-30/h5-10,14-19,22,26-28,34,42H,11-13,20-21,23-25H2,1-4H3,(H,38,43)(H,39,45)/t26-,27-,28-,34+/m0/s1. The number of fused-ring (bicyclic) bond motifs is 1. The number of hydrogen-bond acceptors (Lipinski definition) is 6. The Kier molecular flexibility index (Phi) is 13.2. The topological polar surface area (TPSA) is 120 Å². The van der Waals surface area contributed by atoms with E-state index in [1.54, 1.807) is 42.0 Å². The van der Waals surface area contributed by atoms with Crippen molar-refractivity contribution in [3.8, 4) is 5.75 Å². The first kappa shape index (κ1) is 35.4. The number of benzene rings is 3. The molecule has 1 aliphatic rings. The van der Waals surface area contributed by atoms with Crippen LogP contribution in [0.3, 0.4) is 0 Å². The fraction of sp³-hybridized carbons (Fsp3) is 0.432. The van der Waals surface area contributed by atoms with Crippen molar-refractivity contribution in [1.29, 1.82) is 0 Å². The molecule has 0 fully saturated rings. The predicted molar refractivity (Wildman–Crippen MR) is 184 cm³/mol. The van der Waals surface area contributed by atoms with Crippen molar-refractivity contribution in [2.75, 3.05) is 44.0 Å². The van der Waals surface area contributed by atoms with E-state index in [9.17, 15) is 19.5 Å². The minimum absolute atomic E-state index is 0.172. The highest BCUT2D eigenvalue weighted by Gasteiger charge is 2.31. The number of ether oxygens (including phenoxy) is 2. The van der Waals surface area contributed by atoms with Gasteiger partial charge in [-0.15, -0.1) is 0 Å². The van der Waals surface area contributed by atoms with Crippen LogP contribution >= 0.6 is 0 Å². The molecule has 4 amide bonds. The molecule has 3 aromatic rings. The number of amides is 4. The lowest BCUT2D eigenvalue weighted by atomic mass is 10.0. The number of carbonyl (C=O) groups is 3. The zero-order chi connectivity index (χ0) is 33.8. The Labute approximate surface area is 278 Å². The maximum Gasteiger partial charge on any atom is 0.321 e. The van der Waals surface area contributed by atoms with Gasteiger partial charge in [-0.2, -0.15) is 0 Å². The first-order valence-electron chi connectivity index (χ1n) is 16.4. The summed E-state index contributed by atoms with van der Waals surface area (Å²) in [7, 11) is 1.72. The fourth-order valence-corrected chi connectivity index (χ4v) is 5.54. The molecule has 0 saturated heterocycles. The second-order valence-corrected chi connectivity index (χ2v) is 12.4. The molecule has 4 rings (SSSR count). The van der Waals surface area contributed by atoms with Gasteiger partial charge in [0.15, 0.2) is 0 Å². The van der Waals surface area contributed by atoms with Gasteiger partial charge in [0.2, 0.25) is 5.91 Å². The molecule has 252 valence electrons. The summed E-state index contributed by atoms with van der Waals surface area (Å²) in [5.41, 5.74) is 2.36. The van der Waals surface area contributed by atoms with Crippen molar-refractivity contribution >= 4 is 29.2 Å². The van der Waals surface area contributed by atoms with Gasteiger partial charge in [-0.25, -0.2) is 4.79 Å². The molecular weight excluding hydrogens is 596 g/mol. The number of aliphatic hydroxyl groups excluding tert-OH is 1. The average molecular weight is 645 g/mol. The number of para-hydroxylation sites is 1. The third kappa shape index (κ3) is 10.6. The molecule has 10 heteroatoms. The number of nitrogens with one attached hydrogen (secondary N) is 2. The van der Waals surface area contributed by atoms with Crippen molar-refractivity contribution in [2.24, 2.45) is 5.92 Å². The van der Waals surface area contributed by atoms with E-state index in [-0.39, 0.29) is 55.5 Å². The van der Waals surface area contributed by atoms with E-state index in [1.807, 2.05) is 74.5 Å². The molecule has 3 aromatic carbocycles. The largest absolute Gasteiger partial charge is 0.490 e. The fourth-order valence-electron chi connectivity index (χ4n) is 5.54. The molecule has 4 atom stereocenters. The number of aliphatic hydroxyl groups is 1. The maximum atomic E-state index is 14.3. The van der Waals surface area contributed by atoms with Crippen LogP contribution in [0.2, 0.25) is 0 Å². The molecule has 1 aliphatic heterocycles. The molecule has 10 nitrogen and oxygen atoms in total. The van der Waals surface area contributed by atoms with Crippen LogP contribution in [0.15, 0.2) is 78.9 Å². The number of nitrogens with zero attached hydrogens (tertiary/aromatic N) is 2. The Balaban J connectivity index is 1.58. The van der Waals surface area contributed by atoms with Crippen LogP contribution in [-0.4, -0.2) is 84.4 Å². The van der Waals surface area contributed by atoms with E-state index < -0.39 is 6.04 Å². The molecule has 1 heterocycles. The number of rotatable bonds is 8. The highest BCUT2D eigenvalue weighted by atomic mass is 16.5. The van der Waals surface area contributed by atoms with Gasteiger partial charge in [-0.3, -0.25) is 9.59 Å². The molecule has 47 heavy (non-hydrogen) atoms. The average Bonchev–Trinajstić information content (AvgIpc) is 3.06. The van der Waals surface area contributed by atoms with E-state index >= 15 is 0 Å². The third-order valence-electron chi connectivity index (χ3n) is 8.37. The van der Waals surface area contributed by atoms with E-state index in [1.165, 1.54) is 0 Å². The van der Waals surface area contributed by atoms with E-state index in [2.05, 4.69) is 10.6 Å². The van der Waals surface area contributed by atoms with Gasteiger partial charge >= 0.3 is 6.03 Å². The predicted octanol–water partition coefficient (Wildman–Crippen LogP) is 5.83. The number of hydrogen-bond donors (Lipinski definition) is 3. The normalized spacial score (nSPS) is 19.8. The monoisotopic (exact) mass is 644 g/mol. The molecule has 0 aromatic heterocycles. The summed E-state index contributed by atoms with van der Waals surface area (Å²) < 4.78 is 12.7. The summed E-state index contributed by atoms with van der Waals surface area (Å²) in [5, 5.41) is 16.0. The zero-order valence-electron chi connectivity index (χ0n) is 27.9. The lowest BCUT2D eigenvalue weighted by Crippen LogP contribution is -2.48. The number of carbonyl (C=O) groups excluding carboxylic acids is 3. The molecular formula is C37H48N4O6. The van der Waals surface area contributed by atoms with Gasteiger partial charge in [-0.05, 0) is 69.0 Å². The molecule has 0 aliphatic carbocycles. The van der Waals surface area contributed by atoms with Crippen LogP contribution in [0.4, 0.5) is 16.2 Å². The van der Waals surface area contributed by atoms with Crippen LogP contribution in [0, 0.1) is 5.92 Å². The molecule has 0 saturated carbocycles. The van der Waals surface area contributed by atoms with Gasteiger partial charge in [0, 0.05) is 44.0 Å². The first-order valence-corrected chi connectivity index (χ1v) is 16.4. The van der Waals surface area contributed by atoms with Gasteiger partial charge in [0.05, 0.1) is 36.8 Å². The van der Waals surface area contributed by atoms with Crippen LogP contribution < -0.4 is 15.4 Å². The van der Waals surface area contributed by atoms with Crippen molar-refractivity contribution in [3.63, 3.8) is 0 Å². The molecule has 0 unspecified atom stereocenters. The van der Waals surface area contributed by atoms with Crippen molar-refractivity contribution < 1.29 is 29.0 Å². The molecule has 3 N–H and O–H groups in total. The Hall–Kier alpha value is -4.41. The molecule has 0 spiro atoms. The Morgan fingerprint density at radius 2 is 1.68 bits per heavy atom. The third-order valence-corrected chi connectivity index (χ3v) is 8.37. The Morgan fingerprint density at radius 1 is 0.979 bits per heavy atom. The summed E-state index contributed by atoms with van der Waals surface area (Å²) in [6.45, 7) is 6.57. The summed E-state index contributed by atoms with van der Waals surface area (Å²) in [4.78, 5) is 43.5. The second-order valence-electron chi connectivity index (χ2n) is 12.4. The van der Waals surface area contributed by atoms with Crippen LogP contribution in [0.25, 0.3) is 0 Å². The van der Waals surface area contributed by atoms with Crippen molar-refractivity contribution in [3.05, 3.63) is 90.0 Å². The van der Waals surface area contributed by atoms with Gasteiger partial charge in [0.1, 0.15) is 5.75 Å². The summed E-state index contributed by atoms with van der Waals surface area (Å²) >= 11 is 0. The SMILES string of the molecule is C[C@H]1CCCCO[C@H](CN(C)C(=O)Nc2ccccc2)[C@@H](C)CN([C@@H](C)CO)C(=O)c2cc(NC(=O)Cc3ccccc3)ccc2O1. The zero-order valence-corrected chi connectivity index (χ0v) is 27.9. The van der Waals surface area contributed by atoms with Crippen molar-refractivity contribution in [1.82, 2.24) is 9.80 Å². The molecule has 0 radical (unpaired) electrons. The molecule has 0 bridgehead atoms. The first-order chi connectivity index (χ1) is 22.6. The van der Waals surface area contributed by atoms with Crippen LogP contribution in [0.5, 0.6) is 5.75 Å². The Bertz CT molecular complexity index is 1450. The van der Waals surface area contributed by atoms with Gasteiger partial charge in [-0.1, -0.05) is 55.5 Å². The smallest absolute Gasteiger partial charge is 0.321 e. The highest BCUT2D eigenvalue weighted by molar-refractivity contribution is 6.00. The van der Waals surface area contributed by atoms with Crippen LogP contribution in [0.1, 0.15) is 56.0 Å². The van der Waals surface area contributed by atoms with Crippen LogP contribution in [-0.2, 0) is 16.0 Å². The van der Waals surface area contributed by atoms with E-state index in [0.717, 1.165) is 24.8 Å². The lowest BCUT2D eigenvalue weighted by Gasteiger charge is -2.35. The van der Waals surface area contributed by atoms with Crippen molar-refractivity contribution in [2.45, 2.75) is 64.7 Å². The summed E-state index contributed by atoms with van der Waals surface area (Å²) in [6, 6.07) is 23.1. The minimum atomic E-state index is -0.515. The maximum absolute atomic E-state index is 14.3. The number of urea groups is 1.